The number of aliphatic imine (C=N–C) groups is 1. The fourth-order valence-corrected chi connectivity index (χ4v) is 2.77. The van der Waals surface area contributed by atoms with Crippen molar-refractivity contribution in [3.05, 3.63) is 59.0 Å². The van der Waals surface area contributed by atoms with Crippen LogP contribution in [0.25, 0.3) is 11.3 Å². The van der Waals surface area contributed by atoms with E-state index in [0.29, 0.717) is 19.0 Å². The van der Waals surface area contributed by atoms with Crippen molar-refractivity contribution in [3.8, 4) is 11.3 Å². The standard InChI is InChI=1S/C19H24N6O/c1-13-17(14(2)25(4)23-13)12-22-19(20-3)21-11-16-10-18(26-24-16)15-8-6-5-7-9-15/h5-10H,11-12H2,1-4H3,(H2,20,21,22). The first-order chi connectivity index (χ1) is 12.6. The first-order valence-electron chi connectivity index (χ1n) is 8.53. The van der Waals surface area contributed by atoms with E-state index < -0.39 is 0 Å². The molecule has 0 radical (unpaired) electrons. The van der Waals surface area contributed by atoms with Crippen LogP contribution in [0.5, 0.6) is 0 Å². The van der Waals surface area contributed by atoms with Gasteiger partial charge in [-0.25, -0.2) is 0 Å². The van der Waals surface area contributed by atoms with Gasteiger partial charge in [0.1, 0.15) is 5.69 Å². The van der Waals surface area contributed by atoms with E-state index in [1.165, 1.54) is 5.56 Å². The third kappa shape index (κ3) is 3.93. The Morgan fingerprint density at radius 1 is 1.15 bits per heavy atom. The monoisotopic (exact) mass is 352 g/mol. The zero-order valence-electron chi connectivity index (χ0n) is 15.6. The lowest BCUT2D eigenvalue weighted by molar-refractivity contribution is 0.422. The second-order valence-electron chi connectivity index (χ2n) is 6.10. The van der Waals surface area contributed by atoms with Crippen molar-refractivity contribution >= 4 is 5.96 Å². The Morgan fingerprint density at radius 2 is 1.88 bits per heavy atom. The number of nitrogens with zero attached hydrogens (tertiary/aromatic N) is 4. The number of benzene rings is 1. The first kappa shape index (κ1) is 17.7. The maximum absolute atomic E-state index is 5.42. The lowest BCUT2D eigenvalue weighted by Gasteiger charge is -2.11. The van der Waals surface area contributed by atoms with Crippen LogP contribution in [0.2, 0.25) is 0 Å². The van der Waals surface area contributed by atoms with Crippen LogP contribution in [0, 0.1) is 13.8 Å². The number of hydrogen-bond donors (Lipinski definition) is 2. The summed E-state index contributed by atoms with van der Waals surface area (Å²) in [5.74, 6) is 1.46. The van der Waals surface area contributed by atoms with Crippen molar-refractivity contribution in [3.63, 3.8) is 0 Å². The highest BCUT2D eigenvalue weighted by Gasteiger charge is 2.10. The summed E-state index contributed by atoms with van der Waals surface area (Å²) in [6.45, 7) is 5.27. The summed E-state index contributed by atoms with van der Waals surface area (Å²) in [4.78, 5) is 4.26. The molecule has 136 valence electrons. The molecule has 0 bridgehead atoms. The van der Waals surface area contributed by atoms with E-state index in [0.717, 1.165) is 28.4 Å². The summed E-state index contributed by atoms with van der Waals surface area (Å²) in [5.41, 5.74) is 5.19. The Labute approximate surface area is 153 Å². The summed E-state index contributed by atoms with van der Waals surface area (Å²) in [5, 5.41) is 15.1. The number of guanidine groups is 1. The number of rotatable bonds is 5. The topological polar surface area (TPSA) is 80.3 Å². The minimum Gasteiger partial charge on any atom is -0.356 e. The normalized spacial score (nSPS) is 11.6. The largest absolute Gasteiger partial charge is 0.356 e. The minimum absolute atomic E-state index is 0.529. The predicted molar refractivity (Wildman–Crippen MR) is 102 cm³/mol. The zero-order valence-corrected chi connectivity index (χ0v) is 15.6. The highest BCUT2D eigenvalue weighted by molar-refractivity contribution is 5.79. The summed E-state index contributed by atoms with van der Waals surface area (Å²) in [7, 11) is 3.70. The smallest absolute Gasteiger partial charge is 0.191 e. The summed E-state index contributed by atoms with van der Waals surface area (Å²) < 4.78 is 7.31. The van der Waals surface area contributed by atoms with Crippen LogP contribution in [0.15, 0.2) is 45.9 Å². The molecule has 1 aromatic carbocycles. The molecule has 0 aliphatic heterocycles. The van der Waals surface area contributed by atoms with Crippen molar-refractivity contribution < 1.29 is 4.52 Å². The van der Waals surface area contributed by atoms with Crippen LogP contribution in [0.1, 0.15) is 22.6 Å². The van der Waals surface area contributed by atoms with Gasteiger partial charge in [-0.05, 0) is 13.8 Å². The third-order valence-corrected chi connectivity index (χ3v) is 4.37. The molecule has 2 heterocycles. The van der Waals surface area contributed by atoms with E-state index in [1.807, 2.05) is 55.1 Å². The van der Waals surface area contributed by atoms with Gasteiger partial charge in [-0.1, -0.05) is 35.5 Å². The van der Waals surface area contributed by atoms with Crippen LogP contribution in [-0.2, 0) is 20.1 Å². The van der Waals surface area contributed by atoms with Gasteiger partial charge in [-0.15, -0.1) is 0 Å². The van der Waals surface area contributed by atoms with E-state index in [1.54, 1.807) is 7.05 Å². The summed E-state index contributed by atoms with van der Waals surface area (Å²) in [6, 6.07) is 11.9. The van der Waals surface area contributed by atoms with Crippen LogP contribution >= 0.6 is 0 Å². The summed E-state index contributed by atoms with van der Waals surface area (Å²) >= 11 is 0. The van der Waals surface area contributed by atoms with Crippen molar-refractivity contribution in [2.75, 3.05) is 7.05 Å². The van der Waals surface area contributed by atoms with Crippen LogP contribution in [0.4, 0.5) is 0 Å². The van der Waals surface area contributed by atoms with Crippen molar-refractivity contribution in [1.29, 1.82) is 0 Å². The molecule has 7 heteroatoms. The fourth-order valence-electron chi connectivity index (χ4n) is 2.77. The second kappa shape index (κ2) is 7.86. The fraction of sp³-hybridized carbons (Fsp3) is 0.316. The molecule has 0 aliphatic rings. The van der Waals surface area contributed by atoms with Crippen molar-refractivity contribution in [2.45, 2.75) is 26.9 Å². The van der Waals surface area contributed by atoms with Gasteiger partial charge >= 0.3 is 0 Å². The Hall–Kier alpha value is -3.09. The van der Waals surface area contributed by atoms with Crippen molar-refractivity contribution in [2.24, 2.45) is 12.0 Å². The number of aryl methyl sites for hydroxylation is 2. The molecule has 26 heavy (non-hydrogen) atoms. The van der Waals surface area contributed by atoms with Gasteiger partial charge in [-0.2, -0.15) is 5.10 Å². The molecule has 2 aromatic heterocycles. The molecule has 2 N–H and O–H groups in total. The van der Waals surface area contributed by atoms with E-state index in [9.17, 15) is 0 Å². The molecule has 0 fully saturated rings. The van der Waals surface area contributed by atoms with Gasteiger partial charge < -0.3 is 15.2 Å². The lowest BCUT2D eigenvalue weighted by Crippen LogP contribution is -2.36. The van der Waals surface area contributed by atoms with E-state index in [-0.39, 0.29) is 0 Å². The molecule has 0 unspecified atom stereocenters. The molecule has 7 nitrogen and oxygen atoms in total. The van der Waals surface area contributed by atoms with E-state index in [4.69, 9.17) is 4.52 Å². The van der Waals surface area contributed by atoms with Crippen LogP contribution < -0.4 is 10.6 Å². The Kier molecular flexibility index (Phi) is 5.36. The molecular formula is C19H24N6O. The first-order valence-corrected chi connectivity index (χ1v) is 8.53. The Morgan fingerprint density at radius 3 is 2.54 bits per heavy atom. The lowest BCUT2D eigenvalue weighted by atomic mass is 10.2. The van der Waals surface area contributed by atoms with E-state index >= 15 is 0 Å². The molecule has 0 aliphatic carbocycles. The molecule has 0 saturated carbocycles. The third-order valence-electron chi connectivity index (χ3n) is 4.37. The molecule has 0 amide bonds. The maximum Gasteiger partial charge on any atom is 0.191 e. The molecule has 3 aromatic rings. The maximum atomic E-state index is 5.42. The SMILES string of the molecule is CN=C(NCc1cc(-c2ccccc2)on1)NCc1c(C)nn(C)c1C. The predicted octanol–water partition coefficient (Wildman–Crippen LogP) is 2.56. The number of aromatic nitrogens is 3. The number of nitrogens with one attached hydrogen (secondary N) is 2. The van der Waals surface area contributed by atoms with E-state index in [2.05, 4.69) is 32.8 Å². The van der Waals surface area contributed by atoms with Gasteiger partial charge in [0.05, 0.1) is 12.2 Å². The molecule has 3 rings (SSSR count). The van der Waals surface area contributed by atoms with Gasteiger partial charge in [-0.3, -0.25) is 9.67 Å². The minimum atomic E-state index is 0.529. The zero-order chi connectivity index (χ0) is 18.5. The highest BCUT2D eigenvalue weighted by atomic mass is 16.5. The van der Waals surface area contributed by atoms with Crippen LogP contribution in [-0.4, -0.2) is 27.9 Å². The second-order valence-corrected chi connectivity index (χ2v) is 6.10. The van der Waals surface area contributed by atoms with Crippen LogP contribution in [0.3, 0.4) is 0 Å². The average Bonchev–Trinajstić information content (AvgIpc) is 3.22. The number of hydrogen-bond acceptors (Lipinski definition) is 4. The Balaban J connectivity index is 1.57. The van der Waals surface area contributed by atoms with Gasteiger partial charge in [0.15, 0.2) is 11.7 Å². The highest BCUT2D eigenvalue weighted by Crippen LogP contribution is 2.19. The average molecular weight is 352 g/mol. The molecule has 0 spiro atoms. The van der Waals surface area contributed by atoms with Crippen molar-refractivity contribution in [1.82, 2.24) is 25.6 Å². The van der Waals surface area contributed by atoms with Gasteiger partial charge in [0, 0.05) is 43.5 Å². The molecule has 0 atom stereocenters. The Bertz CT molecular complexity index is 894. The summed E-state index contributed by atoms with van der Waals surface area (Å²) in [6.07, 6.45) is 0. The quantitative estimate of drug-likeness (QED) is 0.545. The van der Waals surface area contributed by atoms with Gasteiger partial charge in [0.25, 0.3) is 0 Å². The molecular weight excluding hydrogens is 328 g/mol. The van der Waals surface area contributed by atoms with Gasteiger partial charge in [0.2, 0.25) is 0 Å². The molecule has 0 saturated heterocycles.